The summed E-state index contributed by atoms with van der Waals surface area (Å²) in [5, 5.41) is 18.9. The maximum atomic E-state index is 11.0. The molecule has 0 aliphatic heterocycles. The van der Waals surface area contributed by atoms with E-state index in [1.165, 1.54) is 0 Å². The number of aromatic amines is 1. The smallest absolute Gasteiger partial charge is 0.336 e. The summed E-state index contributed by atoms with van der Waals surface area (Å²) in [6, 6.07) is 3.55. The Morgan fingerprint density at radius 2 is 2.18 bits per heavy atom. The van der Waals surface area contributed by atoms with Gasteiger partial charge in [0, 0.05) is 23.7 Å². The van der Waals surface area contributed by atoms with Crippen LogP contribution in [0.1, 0.15) is 27.9 Å². The average Bonchev–Trinajstić information content (AvgIpc) is 2.67. The first-order chi connectivity index (χ1) is 8.13. The number of nitrogens with one attached hydrogen (secondary N) is 1. The topological polar surface area (TPSA) is 73.3 Å². The highest BCUT2D eigenvalue weighted by atomic mass is 16.4. The van der Waals surface area contributed by atoms with Crippen molar-refractivity contribution in [2.45, 2.75) is 19.8 Å². The van der Waals surface area contributed by atoms with Gasteiger partial charge in [-0.3, -0.25) is 0 Å². The molecule has 17 heavy (non-hydrogen) atoms. The summed E-state index contributed by atoms with van der Waals surface area (Å²) in [5.74, 6) is -0.907. The average molecular weight is 233 g/mol. The summed E-state index contributed by atoms with van der Waals surface area (Å²) in [7, 11) is 0. The molecule has 0 amide bonds. The molecule has 0 radical (unpaired) electrons. The van der Waals surface area contributed by atoms with Gasteiger partial charge < -0.3 is 15.2 Å². The number of carbonyl (C=O) groups is 1. The molecule has 0 unspecified atom stereocenters. The number of hydrogen-bond donors (Lipinski definition) is 3. The minimum Gasteiger partial charge on any atom is -0.478 e. The number of aliphatic hydroxyl groups is 1. The van der Waals surface area contributed by atoms with Crippen molar-refractivity contribution in [3.05, 3.63) is 35.0 Å². The van der Waals surface area contributed by atoms with E-state index in [1.807, 2.05) is 12.3 Å². The van der Waals surface area contributed by atoms with Crippen LogP contribution in [0.2, 0.25) is 0 Å². The molecule has 0 aliphatic carbocycles. The Morgan fingerprint density at radius 1 is 1.41 bits per heavy atom. The van der Waals surface area contributed by atoms with Crippen LogP contribution in [0, 0.1) is 6.92 Å². The molecule has 4 heteroatoms. The molecule has 0 aliphatic rings. The van der Waals surface area contributed by atoms with Gasteiger partial charge in [0.2, 0.25) is 0 Å². The summed E-state index contributed by atoms with van der Waals surface area (Å²) >= 11 is 0. The SMILES string of the molecule is Cc1cc2c(CCCO)c[nH]c2cc1C(=O)O. The standard InChI is InChI=1S/C13H15NO3/c1-8-5-11-9(3-2-4-15)7-14-12(11)6-10(8)13(16)17/h5-7,14-15H,2-4H2,1H3,(H,16,17). The molecule has 90 valence electrons. The molecule has 0 fully saturated rings. The number of carboxylic acids is 1. The van der Waals surface area contributed by atoms with Crippen LogP contribution >= 0.6 is 0 Å². The zero-order chi connectivity index (χ0) is 12.4. The zero-order valence-corrected chi connectivity index (χ0v) is 9.66. The lowest BCUT2D eigenvalue weighted by Crippen LogP contribution is -1.99. The molecule has 1 aromatic carbocycles. The zero-order valence-electron chi connectivity index (χ0n) is 9.66. The Bertz CT molecular complexity index is 557. The normalized spacial score (nSPS) is 10.9. The quantitative estimate of drug-likeness (QED) is 0.757. The lowest BCUT2D eigenvalue weighted by atomic mass is 10.0. The maximum absolute atomic E-state index is 11.0. The largest absolute Gasteiger partial charge is 0.478 e. The van der Waals surface area contributed by atoms with E-state index in [4.69, 9.17) is 10.2 Å². The molecule has 1 aromatic heterocycles. The van der Waals surface area contributed by atoms with E-state index >= 15 is 0 Å². The van der Waals surface area contributed by atoms with E-state index in [-0.39, 0.29) is 6.61 Å². The minimum atomic E-state index is -0.907. The molecule has 2 aromatic rings. The Labute approximate surface area is 98.9 Å². The lowest BCUT2D eigenvalue weighted by Gasteiger charge is -2.02. The maximum Gasteiger partial charge on any atom is 0.336 e. The summed E-state index contributed by atoms with van der Waals surface area (Å²) in [6.45, 7) is 1.96. The highest BCUT2D eigenvalue weighted by molar-refractivity contribution is 5.96. The Balaban J connectivity index is 2.48. The number of H-pyrrole nitrogens is 1. The molecule has 0 saturated carbocycles. The predicted molar refractivity (Wildman–Crippen MR) is 65.4 cm³/mol. The van der Waals surface area contributed by atoms with Crippen LogP contribution in [-0.2, 0) is 6.42 Å². The van der Waals surface area contributed by atoms with Crippen molar-refractivity contribution in [2.75, 3.05) is 6.61 Å². The third-order valence-corrected chi connectivity index (χ3v) is 2.95. The monoisotopic (exact) mass is 233 g/mol. The van der Waals surface area contributed by atoms with Crippen LogP contribution in [0.5, 0.6) is 0 Å². The number of rotatable bonds is 4. The fraction of sp³-hybridized carbons (Fsp3) is 0.308. The molecule has 0 bridgehead atoms. The number of aryl methyl sites for hydroxylation is 2. The van der Waals surface area contributed by atoms with Crippen LogP contribution < -0.4 is 0 Å². The van der Waals surface area contributed by atoms with E-state index in [9.17, 15) is 4.79 Å². The van der Waals surface area contributed by atoms with Gasteiger partial charge in [0.05, 0.1) is 5.56 Å². The van der Waals surface area contributed by atoms with E-state index < -0.39 is 5.97 Å². The number of fused-ring (bicyclic) bond motifs is 1. The van der Waals surface area contributed by atoms with Gasteiger partial charge in [-0.1, -0.05) is 0 Å². The summed E-state index contributed by atoms with van der Waals surface area (Å²) in [6.07, 6.45) is 3.39. The second-order valence-corrected chi connectivity index (χ2v) is 4.16. The molecule has 0 spiro atoms. The van der Waals surface area contributed by atoms with Crippen molar-refractivity contribution in [3.8, 4) is 0 Å². The van der Waals surface area contributed by atoms with Gasteiger partial charge in [-0.25, -0.2) is 4.79 Å². The molecule has 0 saturated heterocycles. The highest BCUT2D eigenvalue weighted by Crippen LogP contribution is 2.23. The molecule has 3 N–H and O–H groups in total. The number of aromatic nitrogens is 1. The first-order valence-corrected chi connectivity index (χ1v) is 5.58. The van der Waals surface area contributed by atoms with Crippen molar-refractivity contribution >= 4 is 16.9 Å². The van der Waals surface area contributed by atoms with Crippen molar-refractivity contribution < 1.29 is 15.0 Å². The lowest BCUT2D eigenvalue weighted by molar-refractivity contribution is 0.0696. The molecular formula is C13H15NO3. The van der Waals surface area contributed by atoms with Crippen molar-refractivity contribution in [2.24, 2.45) is 0 Å². The van der Waals surface area contributed by atoms with Crippen LogP contribution in [0.15, 0.2) is 18.3 Å². The fourth-order valence-corrected chi connectivity index (χ4v) is 2.04. The van der Waals surface area contributed by atoms with Crippen molar-refractivity contribution in [1.29, 1.82) is 0 Å². The molecule has 2 rings (SSSR count). The van der Waals surface area contributed by atoms with E-state index in [1.54, 1.807) is 13.0 Å². The van der Waals surface area contributed by atoms with E-state index in [0.29, 0.717) is 12.0 Å². The summed E-state index contributed by atoms with van der Waals surface area (Å²) < 4.78 is 0. The first kappa shape index (κ1) is 11.7. The summed E-state index contributed by atoms with van der Waals surface area (Å²) in [5.41, 5.74) is 3.04. The third-order valence-electron chi connectivity index (χ3n) is 2.95. The molecule has 4 nitrogen and oxygen atoms in total. The number of carboxylic acid groups (broad SMARTS) is 1. The Kier molecular flexibility index (Phi) is 3.15. The molecule has 0 atom stereocenters. The Morgan fingerprint density at radius 3 is 2.82 bits per heavy atom. The number of hydrogen-bond acceptors (Lipinski definition) is 2. The number of aromatic carboxylic acids is 1. The fourth-order valence-electron chi connectivity index (χ4n) is 2.04. The van der Waals surface area contributed by atoms with Gasteiger partial charge in [-0.05, 0) is 43.0 Å². The van der Waals surface area contributed by atoms with Crippen LogP contribution in [0.3, 0.4) is 0 Å². The van der Waals surface area contributed by atoms with Crippen LogP contribution in [-0.4, -0.2) is 27.8 Å². The molecule has 1 heterocycles. The second kappa shape index (κ2) is 4.59. The predicted octanol–water partition coefficient (Wildman–Crippen LogP) is 2.10. The minimum absolute atomic E-state index is 0.166. The van der Waals surface area contributed by atoms with Gasteiger partial charge in [0.15, 0.2) is 0 Å². The first-order valence-electron chi connectivity index (χ1n) is 5.58. The van der Waals surface area contributed by atoms with Crippen LogP contribution in [0.4, 0.5) is 0 Å². The van der Waals surface area contributed by atoms with Gasteiger partial charge in [0.1, 0.15) is 0 Å². The second-order valence-electron chi connectivity index (χ2n) is 4.16. The van der Waals surface area contributed by atoms with Gasteiger partial charge in [0.25, 0.3) is 0 Å². The molecular weight excluding hydrogens is 218 g/mol. The van der Waals surface area contributed by atoms with Gasteiger partial charge in [-0.2, -0.15) is 0 Å². The van der Waals surface area contributed by atoms with Crippen molar-refractivity contribution in [1.82, 2.24) is 4.98 Å². The van der Waals surface area contributed by atoms with Gasteiger partial charge in [-0.15, -0.1) is 0 Å². The number of benzene rings is 1. The third kappa shape index (κ3) is 2.17. The van der Waals surface area contributed by atoms with Gasteiger partial charge >= 0.3 is 5.97 Å². The van der Waals surface area contributed by atoms with E-state index in [2.05, 4.69) is 4.98 Å². The Hall–Kier alpha value is -1.81. The summed E-state index contributed by atoms with van der Waals surface area (Å²) in [4.78, 5) is 14.1. The van der Waals surface area contributed by atoms with Crippen LogP contribution in [0.25, 0.3) is 10.9 Å². The van der Waals surface area contributed by atoms with Crippen molar-refractivity contribution in [3.63, 3.8) is 0 Å². The number of aliphatic hydroxyl groups excluding tert-OH is 1. The van der Waals surface area contributed by atoms with E-state index in [0.717, 1.165) is 28.5 Å². The highest BCUT2D eigenvalue weighted by Gasteiger charge is 2.11.